The van der Waals surface area contributed by atoms with E-state index in [4.69, 9.17) is 5.73 Å². The van der Waals surface area contributed by atoms with Gasteiger partial charge in [-0.3, -0.25) is 9.59 Å². The zero-order valence-corrected chi connectivity index (χ0v) is 11.2. The number of hydrogen-bond donors (Lipinski definition) is 2. The van der Waals surface area contributed by atoms with E-state index in [2.05, 4.69) is 5.32 Å². The molecule has 0 aliphatic heterocycles. The Kier molecular flexibility index (Phi) is 3.58. The van der Waals surface area contributed by atoms with Gasteiger partial charge >= 0.3 is 0 Å². The highest BCUT2D eigenvalue weighted by Crippen LogP contribution is 2.35. The summed E-state index contributed by atoms with van der Waals surface area (Å²) < 4.78 is 23.0. The number of rotatable bonds is 3. The standard InChI is InChI=1S/C9H12N2O4S2/c1-4-6(7(10)13)8(11-5(2)12)16-9(4)17(3,14)15/h1-3H3,(H2,10,13)(H,11,12). The van der Waals surface area contributed by atoms with E-state index in [0.29, 0.717) is 0 Å². The van der Waals surface area contributed by atoms with Crippen LogP contribution >= 0.6 is 11.3 Å². The first kappa shape index (κ1) is 13.7. The number of hydrogen-bond acceptors (Lipinski definition) is 5. The molecule has 17 heavy (non-hydrogen) atoms. The molecule has 1 heterocycles. The summed E-state index contributed by atoms with van der Waals surface area (Å²) in [4.78, 5) is 22.2. The fourth-order valence-corrected chi connectivity index (χ4v) is 3.90. The van der Waals surface area contributed by atoms with Gasteiger partial charge in [0, 0.05) is 13.2 Å². The lowest BCUT2D eigenvalue weighted by Crippen LogP contribution is -2.15. The summed E-state index contributed by atoms with van der Waals surface area (Å²) in [6.45, 7) is 2.75. The number of nitrogens with two attached hydrogens (primary N) is 1. The molecule has 0 aliphatic rings. The molecule has 0 aromatic carbocycles. The van der Waals surface area contributed by atoms with Gasteiger partial charge in [0.1, 0.15) is 9.21 Å². The van der Waals surface area contributed by atoms with Gasteiger partial charge in [-0.25, -0.2) is 8.42 Å². The Morgan fingerprint density at radius 3 is 2.24 bits per heavy atom. The van der Waals surface area contributed by atoms with Crippen LogP contribution in [0.3, 0.4) is 0 Å². The van der Waals surface area contributed by atoms with E-state index in [1.54, 1.807) is 0 Å². The summed E-state index contributed by atoms with van der Waals surface area (Å²) in [6, 6.07) is 0. The van der Waals surface area contributed by atoms with Crippen LogP contribution in [0.2, 0.25) is 0 Å². The van der Waals surface area contributed by atoms with Crippen molar-refractivity contribution in [3.8, 4) is 0 Å². The molecule has 8 heteroatoms. The summed E-state index contributed by atoms with van der Waals surface area (Å²) in [6.07, 6.45) is 1.04. The number of primary amides is 1. The van der Waals surface area contributed by atoms with Gasteiger partial charge < -0.3 is 11.1 Å². The summed E-state index contributed by atoms with van der Waals surface area (Å²) in [5, 5.41) is 2.57. The lowest BCUT2D eigenvalue weighted by molar-refractivity contribution is -0.114. The van der Waals surface area contributed by atoms with Crippen LogP contribution < -0.4 is 11.1 Å². The molecule has 2 amide bonds. The average molecular weight is 276 g/mol. The predicted octanol–water partition coefficient (Wildman–Crippen LogP) is 0.517. The Morgan fingerprint density at radius 1 is 1.35 bits per heavy atom. The lowest BCUT2D eigenvalue weighted by atomic mass is 10.2. The molecule has 0 atom stereocenters. The predicted molar refractivity (Wildman–Crippen MR) is 65.0 cm³/mol. The van der Waals surface area contributed by atoms with Gasteiger partial charge in [-0.1, -0.05) is 0 Å². The molecule has 0 saturated heterocycles. The highest BCUT2D eigenvalue weighted by molar-refractivity contribution is 7.92. The van der Waals surface area contributed by atoms with Crippen molar-refractivity contribution in [3.63, 3.8) is 0 Å². The number of carbonyl (C=O) groups excluding carboxylic acids is 2. The Labute approximate surface area is 103 Å². The molecule has 0 bridgehead atoms. The van der Waals surface area contributed by atoms with Crippen molar-refractivity contribution >= 4 is 38.0 Å². The first-order valence-corrected chi connectivity index (χ1v) is 7.26. The SMILES string of the molecule is CC(=O)Nc1sc(S(C)(=O)=O)c(C)c1C(N)=O. The molecule has 3 N–H and O–H groups in total. The number of amides is 2. The van der Waals surface area contributed by atoms with Crippen LogP contribution in [0.25, 0.3) is 0 Å². The van der Waals surface area contributed by atoms with Crippen molar-refractivity contribution in [1.29, 1.82) is 0 Å². The normalized spacial score (nSPS) is 11.2. The minimum absolute atomic E-state index is 0.0371. The van der Waals surface area contributed by atoms with Crippen molar-refractivity contribution in [2.45, 2.75) is 18.1 Å². The molecule has 0 fully saturated rings. The van der Waals surface area contributed by atoms with Crippen LogP contribution in [0, 0.1) is 6.92 Å². The zero-order chi connectivity index (χ0) is 13.4. The Bertz CT molecular complexity index is 586. The molecular formula is C9H12N2O4S2. The van der Waals surface area contributed by atoms with Gasteiger partial charge in [-0.2, -0.15) is 0 Å². The Balaban J connectivity index is 3.51. The Morgan fingerprint density at radius 2 is 1.88 bits per heavy atom. The summed E-state index contributed by atoms with van der Waals surface area (Å²) in [7, 11) is -3.45. The number of nitrogens with one attached hydrogen (secondary N) is 1. The van der Waals surface area contributed by atoms with E-state index < -0.39 is 21.7 Å². The highest BCUT2D eigenvalue weighted by atomic mass is 32.2. The number of carbonyl (C=O) groups is 2. The molecule has 1 rings (SSSR count). The highest BCUT2D eigenvalue weighted by Gasteiger charge is 2.24. The maximum Gasteiger partial charge on any atom is 0.252 e. The maximum atomic E-state index is 11.5. The molecule has 0 spiro atoms. The molecule has 94 valence electrons. The quantitative estimate of drug-likeness (QED) is 0.839. The third kappa shape index (κ3) is 2.83. The molecule has 0 radical (unpaired) electrons. The second-order valence-corrected chi connectivity index (χ2v) is 6.77. The molecule has 1 aromatic heterocycles. The van der Waals surface area contributed by atoms with Crippen LogP contribution in [-0.2, 0) is 14.6 Å². The van der Waals surface area contributed by atoms with Crippen molar-refractivity contribution in [2.75, 3.05) is 11.6 Å². The van der Waals surface area contributed by atoms with E-state index >= 15 is 0 Å². The number of sulfone groups is 1. The smallest absolute Gasteiger partial charge is 0.252 e. The molecular weight excluding hydrogens is 264 g/mol. The molecule has 0 unspecified atom stereocenters. The Hall–Kier alpha value is -1.41. The lowest BCUT2D eigenvalue weighted by Gasteiger charge is -2.00. The first-order valence-electron chi connectivity index (χ1n) is 4.55. The first-order chi connectivity index (χ1) is 7.64. The summed E-state index contributed by atoms with van der Waals surface area (Å²) in [5.41, 5.74) is 5.49. The minimum atomic E-state index is -3.45. The monoisotopic (exact) mass is 276 g/mol. The van der Waals surface area contributed by atoms with Crippen molar-refractivity contribution in [1.82, 2.24) is 0 Å². The van der Waals surface area contributed by atoms with Crippen LogP contribution in [-0.4, -0.2) is 26.5 Å². The van der Waals surface area contributed by atoms with Crippen LogP contribution in [0.4, 0.5) is 5.00 Å². The van der Waals surface area contributed by atoms with Gasteiger partial charge in [-0.05, 0) is 12.5 Å². The van der Waals surface area contributed by atoms with E-state index in [9.17, 15) is 18.0 Å². The third-order valence-electron chi connectivity index (χ3n) is 1.98. The second kappa shape index (κ2) is 4.46. The van der Waals surface area contributed by atoms with Crippen LogP contribution in [0.5, 0.6) is 0 Å². The van der Waals surface area contributed by atoms with Crippen LogP contribution in [0.1, 0.15) is 22.8 Å². The van der Waals surface area contributed by atoms with E-state index in [1.165, 1.54) is 13.8 Å². The van der Waals surface area contributed by atoms with Crippen molar-refractivity contribution in [3.05, 3.63) is 11.1 Å². The van der Waals surface area contributed by atoms with E-state index in [1.807, 2.05) is 0 Å². The summed E-state index contributed by atoms with van der Waals surface area (Å²) in [5.74, 6) is -1.16. The fourth-order valence-electron chi connectivity index (χ4n) is 1.39. The minimum Gasteiger partial charge on any atom is -0.365 e. The maximum absolute atomic E-state index is 11.5. The van der Waals surface area contributed by atoms with Crippen LogP contribution in [0.15, 0.2) is 4.21 Å². The summed E-state index contributed by atoms with van der Waals surface area (Å²) >= 11 is 0.829. The topological polar surface area (TPSA) is 106 Å². The molecule has 0 saturated carbocycles. The zero-order valence-electron chi connectivity index (χ0n) is 9.53. The molecule has 1 aromatic rings. The van der Waals surface area contributed by atoms with Crippen molar-refractivity contribution < 1.29 is 18.0 Å². The van der Waals surface area contributed by atoms with Gasteiger partial charge in [-0.15, -0.1) is 11.3 Å². The van der Waals surface area contributed by atoms with E-state index in [-0.39, 0.29) is 20.3 Å². The number of anilines is 1. The van der Waals surface area contributed by atoms with Gasteiger partial charge in [0.25, 0.3) is 5.91 Å². The van der Waals surface area contributed by atoms with Gasteiger partial charge in [0.05, 0.1) is 5.56 Å². The fraction of sp³-hybridized carbons (Fsp3) is 0.333. The van der Waals surface area contributed by atoms with Crippen molar-refractivity contribution in [2.24, 2.45) is 5.73 Å². The average Bonchev–Trinajstić information content (AvgIpc) is 2.40. The third-order valence-corrected chi connectivity index (χ3v) is 5.12. The molecule has 0 aliphatic carbocycles. The molecule has 6 nitrogen and oxygen atoms in total. The van der Waals surface area contributed by atoms with Gasteiger partial charge in [0.15, 0.2) is 9.84 Å². The van der Waals surface area contributed by atoms with Gasteiger partial charge in [0.2, 0.25) is 5.91 Å². The van der Waals surface area contributed by atoms with E-state index in [0.717, 1.165) is 17.6 Å². The number of thiophene rings is 1. The second-order valence-electron chi connectivity index (χ2n) is 3.54. The largest absolute Gasteiger partial charge is 0.365 e.